The van der Waals surface area contributed by atoms with Crippen LogP contribution in [-0.4, -0.2) is 30.9 Å². The molecule has 13 heavy (non-hydrogen) atoms. The Balaban J connectivity index is 2.24. The average molecular weight is 187 g/mol. The number of amides is 1. The Hall–Kier alpha value is -0.770. The van der Waals surface area contributed by atoms with Crippen LogP contribution >= 0.6 is 0 Å². The van der Waals surface area contributed by atoms with Crippen molar-refractivity contribution in [2.45, 2.75) is 38.8 Å². The average Bonchev–Trinajstić information content (AvgIpc) is 2.34. The fraction of sp³-hybridized carbons (Fsp3) is 0.889. The van der Waals surface area contributed by atoms with Crippen LogP contribution in [-0.2, 0) is 9.47 Å². The van der Waals surface area contributed by atoms with Crippen molar-refractivity contribution >= 4 is 6.09 Å². The van der Waals surface area contributed by atoms with Gasteiger partial charge in [0.05, 0.1) is 13.2 Å². The molecule has 1 saturated heterocycles. The van der Waals surface area contributed by atoms with E-state index in [1.54, 1.807) is 0 Å². The summed E-state index contributed by atoms with van der Waals surface area (Å²) < 4.78 is 10.2. The highest BCUT2D eigenvalue weighted by molar-refractivity contribution is 5.68. The SMILES string of the molecule is CC(C)(C)NC(=O)OC1CCOC1. The zero-order valence-corrected chi connectivity index (χ0v) is 8.42. The molecule has 0 aromatic rings. The van der Waals surface area contributed by atoms with E-state index in [4.69, 9.17) is 9.47 Å². The van der Waals surface area contributed by atoms with E-state index in [0.717, 1.165) is 6.42 Å². The van der Waals surface area contributed by atoms with E-state index in [-0.39, 0.29) is 17.7 Å². The van der Waals surface area contributed by atoms with Crippen LogP contribution in [0.1, 0.15) is 27.2 Å². The molecule has 1 N–H and O–H groups in total. The Kier molecular flexibility index (Phi) is 3.14. The van der Waals surface area contributed by atoms with Gasteiger partial charge in [0.15, 0.2) is 0 Å². The molecule has 1 unspecified atom stereocenters. The van der Waals surface area contributed by atoms with Crippen molar-refractivity contribution in [3.63, 3.8) is 0 Å². The third-order valence-corrected chi connectivity index (χ3v) is 1.64. The molecule has 1 atom stereocenters. The Morgan fingerprint density at radius 2 is 2.23 bits per heavy atom. The first-order valence-corrected chi connectivity index (χ1v) is 4.54. The first kappa shape index (κ1) is 10.3. The summed E-state index contributed by atoms with van der Waals surface area (Å²) in [6.07, 6.45) is 0.378. The second kappa shape index (κ2) is 3.96. The normalized spacial score (nSPS) is 22.8. The zero-order valence-electron chi connectivity index (χ0n) is 8.42. The van der Waals surface area contributed by atoms with Crippen LogP contribution < -0.4 is 5.32 Å². The van der Waals surface area contributed by atoms with Crippen LogP contribution in [0.15, 0.2) is 0 Å². The van der Waals surface area contributed by atoms with Gasteiger partial charge in [0, 0.05) is 12.0 Å². The first-order chi connectivity index (χ1) is 5.97. The van der Waals surface area contributed by atoms with Crippen molar-refractivity contribution in [1.29, 1.82) is 0 Å². The molecule has 1 aliphatic rings. The lowest BCUT2D eigenvalue weighted by Crippen LogP contribution is -2.42. The van der Waals surface area contributed by atoms with E-state index in [9.17, 15) is 4.79 Å². The summed E-state index contributed by atoms with van der Waals surface area (Å²) >= 11 is 0. The van der Waals surface area contributed by atoms with Crippen molar-refractivity contribution in [2.24, 2.45) is 0 Å². The van der Waals surface area contributed by atoms with Gasteiger partial charge >= 0.3 is 6.09 Å². The molecule has 0 aliphatic carbocycles. The van der Waals surface area contributed by atoms with E-state index in [2.05, 4.69) is 5.32 Å². The number of carbonyl (C=O) groups is 1. The number of hydrogen-bond donors (Lipinski definition) is 1. The van der Waals surface area contributed by atoms with Gasteiger partial charge in [-0.2, -0.15) is 0 Å². The predicted molar refractivity (Wildman–Crippen MR) is 48.6 cm³/mol. The van der Waals surface area contributed by atoms with Crippen molar-refractivity contribution in [3.8, 4) is 0 Å². The fourth-order valence-electron chi connectivity index (χ4n) is 1.09. The van der Waals surface area contributed by atoms with Crippen LogP contribution in [0.4, 0.5) is 4.79 Å². The summed E-state index contributed by atoms with van der Waals surface area (Å²) in [5, 5.41) is 2.73. The van der Waals surface area contributed by atoms with Gasteiger partial charge in [-0.1, -0.05) is 0 Å². The lowest BCUT2D eigenvalue weighted by molar-refractivity contribution is 0.0783. The second-order valence-corrected chi connectivity index (χ2v) is 4.27. The van der Waals surface area contributed by atoms with Gasteiger partial charge in [-0.3, -0.25) is 0 Å². The van der Waals surface area contributed by atoms with Gasteiger partial charge in [-0.15, -0.1) is 0 Å². The molecular weight excluding hydrogens is 170 g/mol. The summed E-state index contributed by atoms with van der Waals surface area (Å²) in [6, 6.07) is 0. The molecule has 1 rings (SSSR count). The largest absolute Gasteiger partial charge is 0.444 e. The number of carbonyl (C=O) groups excluding carboxylic acids is 1. The van der Waals surface area contributed by atoms with Crippen molar-refractivity contribution < 1.29 is 14.3 Å². The number of nitrogens with one attached hydrogen (secondary N) is 1. The van der Waals surface area contributed by atoms with E-state index in [1.165, 1.54) is 0 Å². The van der Waals surface area contributed by atoms with Gasteiger partial charge in [0.2, 0.25) is 0 Å². The number of rotatable bonds is 1. The lowest BCUT2D eigenvalue weighted by Gasteiger charge is -2.21. The first-order valence-electron chi connectivity index (χ1n) is 4.54. The number of ether oxygens (including phenoxy) is 2. The molecule has 0 radical (unpaired) electrons. The maximum Gasteiger partial charge on any atom is 0.407 e. The Morgan fingerprint density at radius 1 is 1.54 bits per heavy atom. The molecular formula is C9H17NO3. The predicted octanol–water partition coefficient (Wildman–Crippen LogP) is 1.30. The highest BCUT2D eigenvalue weighted by atomic mass is 16.6. The van der Waals surface area contributed by atoms with Crippen LogP contribution in [0.2, 0.25) is 0 Å². The third kappa shape index (κ3) is 4.12. The molecule has 1 aliphatic heterocycles. The van der Waals surface area contributed by atoms with Gasteiger partial charge in [-0.25, -0.2) is 4.79 Å². The Bertz CT molecular complexity index is 180. The molecule has 4 nitrogen and oxygen atoms in total. The molecule has 1 heterocycles. The third-order valence-electron chi connectivity index (χ3n) is 1.64. The molecule has 0 bridgehead atoms. The molecule has 0 aromatic heterocycles. The second-order valence-electron chi connectivity index (χ2n) is 4.27. The van der Waals surface area contributed by atoms with Crippen molar-refractivity contribution in [3.05, 3.63) is 0 Å². The van der Waals surface area contributed by atoms with E-state index in [0.29, 0.717) is 13.2 Å². The summed E-state index contributed by atoms with van der Waals surface area (Å²) in [6.45, 7) is 6.96. The Labute approximate surface area is 78.6 Å². The molecule has 1 amide bonds. The minimum atomic E-state index is -0.358. The molecule has 1 fully saturated rings. The molecule has 0 aromatic carbocycles. The van der Waals surface area contributed by atoms with Crippen molar-refractivity contribution in [1.82, 2.24) is 5.32 Å². The smallest absolute Gasteiger partial charge is 0.407 e. The van der Waals surface area contributed by atoms with Crippen LogP contribution in [0.3, 0.4) is 0 Å². The van der Waals surface area contributed by atoms with E-state index in [1.807, 2.05) is 20.8 Å². The maximum absolute atomic E-state index is 11.2. The number of alkyl carbamates (subject to hydrolysis) is 1. The van der Waals surface area contributed by atoms with Gasteiger partial charge in [0.1, 0.15) is 6.10 Å². The zero-order chi connectivity index (χ0) is 9.90. The minimum absolute atomic E-state index is 0.0673. The Morgan fingerprint density at radius 3 is 2.69 bits per heavy atom. The summed E-state index contributed by atoms with van der Waals surface area (Å²) in [7, 11) is 0. The number of hydrogen-bond acceptors (Lipinski definition) is 3. The molecule has 76 valence electrons. The van der Waals surface area contributed by atoms with Gasteiger partial charge < -0.3 is 14.8 Å². The van der Waals surface area contributed by atoms with Crippen LogP contribution in [0.25, 0.3) is 0 Å². The van der Waals surface area contributed by atoms with Gasteiger partial charge in [-0.05, 0) is 20.8 Å². The summed E-state index contributed by atoms with van der Waals surface area (Å²) in [5.41, 5.74) is -0.240. The lowest BCUT2D eigenvalue weighted by atomic mass is 10.1. The monoisotopic (exact) mass is 187 g/mol. The van der Waals surface area contributed by atoms with E-state index >= 15 is 0 Å². The highest BCUT2D eigenvalue weighted by Crippen LogP contribution is 2.09. The minimum Gasteiger partial charge on any atom is -0.444 e. The fourth-order valence-corrected chi connectivity index (χ4v) is 1.09. The van der Waals surface area contributed by atoms with Crippen LogP contribution in [0, 0.1) is 0 Å². The topological polar surface area (TPSA) is 47.6 Å². The van der Waals surface area contributed by atoms with Crippen LogP contribution in [0.5, 0.6) is 0 Å². The van der Waals surface area contributed by atoms with Gasteiger partial charge in [0.25, 0.3) is 0 Å². The van der Waals surface area contributed by atoms with Crippen molar-refractivity contribution in [2.75, 3.05) is 13.2 Å². The maximum atomic E-state index is 11.2. The highest BCUT2D eigenvalue weighted by Gasteiger charge is 2.22. The molecule has 4 heteroatoms. The molecule has 0 saturated carbocycles. The van der Waals surface area contributed by atoms with E-state index < -0.39 is 0 Å². The summed E-state index contributed by atoms with van der Waals surface area (Å²) in [4.78, 5) is 11.2. The molecule has 0 spiro atoms. The quantitative estimate of drug-likeness (QED) is 0.673. The standard InChI is InChI=1S/C9H17NO3/c1-9(2,3)10-8(11)13-7-4-5-12-6-7/h7H,4-6H2,1-3H3,(H,10,11). The summed E-state index contributed by atoms with van der Waals surface area (Å²) in [5.74, 6) is 0.